The molecular formula is C20H17BrFN3O. The van der Waals surface area contributed by atoms with Crippen molar-refractivity contribution < 1.29 is 9.18 Å². The molecule has 1 aromatic heterocycles. The SMILES string of the molecule is O=C(/C=C/c1cc(Br)ccc1F)NCc1ccccc1Cn1ccnc1. The van der Waals surface area contributed by atoms with Gasteiger partial charge in [-0.1, -0.05) is 40.2 Å². The van der Waals surface area contributed by atoms with Crippen LogP contribution in [0.2, 0.25) is 0 Å². The normalized spacial score (nSPS) is 11.0. The molecule has 3 aromatic rings. The Morgan fingerprint density at radius 2 is 2.04 bits per heavy atom. The van der Waals surface area contributed by atoms with Gasteiger partial charge in [0, 0.05) is 41.6 Å². The maximum Gasteiger partial charge on any atom is 0.244 e. The molecule has 1 amide bonds. The number of rotatable bonds is 6. The standard InChI is InChI=1S/C20H17BrFN3O/c21-18-6-7-19(22)15(11-18)5-8-20(26)24-12-16-3-1-2-4-17(16)13-25-10-9-23-14-25/h1-11,14H,12-13H2,(H,24,26)/b8-5+. The zero-order valence-corrected chi connectivity index (χ0v) is 15.5. The van der Waals surface area contributed by atoms with Gasteiger partial charge in [-0.15, -0.1) is 0 Å². The average Bonchev–Trinajstić information content (AvgIpc) is 3.15. The summed E-state index contributed by atoms with van der Waals surface area (Å²) in [7, 11) is 0. The van der Waals surface area contributed by atoms with E-state index in [1.807, 2.05) is 35.0 Å². The van der Waals surface area contributed by atoms with Gasteiger partial charge < -0.3 is 9.88 Å². The Balaban J connectivity index is 1.63. The molecule has 0 fully saturated rings. The minimum absolute atomic E-state index is 0.276. The van der Waals surface area contributed by atoms with Crippen LogP contribution in [0.3, 0.4) is 0 Å². The lowest BCUT2D eigenvalue weighted by Crippen LogP contribution is -2.21. The molecule has 0 saturated carbocycles. The fourth-order valence-electron chi connectivity index (χ4n) is 2.51. The van der Waals surface area contributed by atoms with Gasteiger partial charge in [0.15, 0.2) is 0 Å². The van der Waals surface area contributed by atoms with Crippen LogP contribution in [0, 0.1) is 5.82 Å². The molecule has 0 bridgehead atoms. The minimum Gasteiger partial charge on any atom is -0.348 e. The van der Waals surface area contributed by atoms with Gasteiger partial charge >= 0.3 is 0 Å². The monoisotopic (exact) mass is 413 g/mol. The van der Waals surface area contributed by atoms with Crippen LogP contribution in [0.4, 0.5) is 4.39 Å². The van der Waals surface area contributed by atoms with Gasteiger partial charge in [-0.3, -0.25) is 4.79 Å². The summed E-state index contributed by atoms with van der Waals surface area (Å²) in [5.41, 5.74) is 2.49. The summed E-state index contributed by atoms with van der Waals surface area (Å²) in [6, 6.07) is 12.5. The molecule has 0 atom stereocenters. The number of hydrogen-bond donors (Lipinski definition) is 1. The van der Waals surface area contributed by atoms with Crippen LogP contribution >= 0.6 is 15.9 Å². The molecule has 1 N–H and O–H groups in total. The van der Waals surface area contributed by atoms with Crippen LogP contribution in [0.5, 0.6) is 0 Å². The highest BCUT2D eigenvalue weighted by atomic mass is 79.9. The van der Waals surface area contributed by atoms with E-state index in [0.29, 0.717) is 18.7 Å². The van der Waals surface area contributed by atoms with Crippen LogP contribution in [0.15, 0.2) is 71.7 Å². The van der Waals surface area contributed by atoms with Crippen molar-refractivity contribution in [2.24, 2.45) is 0 Å². The number of nitrogens with one attached hydrogen (secondary N) is 1. The highest BCUT2D eigenvalue weighted by Gasteiger charge is 2.05. The number of carbonyl (C=O) groups excluding carboxylic acids is 1. The third-order valence-corrected chi connectivity index (χ3v) is 4.35. The molecule has 6 heteroatoms. The quantitative estimate of drug-likeness (QED) is 0.616. The van der Waals surface area contributed by atoms with Gasteiger partial charge in [-0.25, -0.2) is 9.37 Å². The predicted octanol–water partition coefficient (Wildman–Crippen LogP) is 4.16. The summed E-state index contributed by atoms with van der Waals surface area (Å²) < 4.78 is 16.4. The van der Waals surface area contributed by atoms with E-state index in [9.17, 15) is 9.18 Å². The lowest BCUT2D eigenvalue weighted by atomic mass is 10.1. The van der Waals surface area contributed by atoms with Gasteiger partial charge in [-0.05, 0) is 35.4 Å². The van der Waals surface area contributed by atoms with E-state index in [0.717, 1.165) is 15.6 Å². The summed E-state index contributed by atoms with van der Waals surface area (Å²) in [6.45, 7) is 1.08. The molecule has 1 heterocycles. The zero-order chi connectivity index (χ0) is 18.4. The first-order valence-corrected chi connectivity index (χ1v) is 8.84. The van der Waals surface area contributed by atoms with Gasteiger partial charge in [0.1, 0.15) is 5.82 Å². The fourth-order valence-corrected chi connectivity index (χ4v) is 2.89. The number of hydrogen-bond acceptors (Lipinski definition) is 2. The van der Waals surface area contributed by atoms with Crippen molar-refractivity contribution in [3.63, 3.8) is 0 Å². The Bertz CT molecular complexity index is 923. The van der Waals surface area contributed by atoms with Crippen molar-refractivity contribution in [1.82, 2.24) is 14.9 Å². The molecule has 0 unspecified atom stereocenters. The number of nitrogens with zero attached hydrogens (tertiary/aromatic N) is 2. The van der Waals surface area contributed by atoms with E-state index in [1.54, 1.807) is 24.7 Å². The van der Waals surface area contributed by atoms with Gasteiger partial charge in [0.2, 0.25) is 5.91 Å². The Hall–Kier alpha value is -2.73. The number of aromatic nitrogens is 2. The number of imidazole rings is 1. The Morgan fingerprint density at radius 3 is 2.81 bits per heavy atom. The molecule has 3 rings (SSSR count). The molecule has 0 spiro atoms. The first-order valence-electron chi connectivity index (χ1n) is 8.05. The lowest BCUT2D eigenvalue weighted by Gasteiger charge is -2.10. The van der Waals surface area contributed by atoms with Crippen LogP contribution in [-0.4, -0.2) is 15.5 Å². The van der Waals surface area contributed by atoms with E-state index in [1.165, 1.54) is 18.2 Å². The van der Waals surface area contributed by atoms with Crippen molar-refractivity contribution in [1.29, 1.82) is 0 Å². The average molecular weight is 414 g/mol. The summed E-state index contributed by atoms with van der Waals surface area (Å²) >= 11 is 3.29. The van der Waals surface area contributed by atoms with E-state index in [2.05, 4.69) is 26.2 Å². The summed E-state index contributed by atoms with van der Waals surface area (Å²) in [6.07, 6.45) is 8.18. The van der Waals surface area contributed by atoms with Crippen molar-refractivity contribution in [3.8, 4) is 0 Å². The van der Waals surface area contributed by atoms with Crippen LogP contribution < -0.4 is 5.32 Å². The summed E-state index contributed by atoms with van der Waals surface area (Å²) in [5.74, 6) is -0.648. The number of amides is 1. The van der Waals surface area contributed by atoms with Crippen LogP contribution in [0.1, 0.15) is 16.7 Å². The number of halogens is 2. The fraction of sp³-hybridized carbons (Fsp3) is 0.100. The smallest absolute Gasteiger partial charge is 0.244 e. The molecule has 0 aliphatic heterocycles. The molecule has 132 valence electrons. The summed E-state index contributed by atoms with van der Waals surface area (Å²) in [4.78, 5) is 16.1. The number of benzene rings is 2. The zero-order valence-electron chi connectivity index (χ0n) is 13.9. The van der Waals surface area contributed by atoms with Gasteiger partial charge in [-0.2, -0.15) is 0 Å². The van der Waals surface area contributed by atoms with E-state index >= 15 is 0 Å². The van der Waals surface area contributed by atoms with Crippen molar-refractivity contribution in [2.75, 3.05) is 0 Å². The molecule has 2 aromatic carbocycles. The second kappa shape index (κ2) is 8.58. The molecule has 0 saturated heterocycles. The second-order valence-corrected chi connectivity index (χ2v) is 6.64. The third-order valence-electron chi connectivity index (χ3n) is 3.86. The first-order chi connectivity index (χ1) is 12.6. The Labute approximate surface area is 159 Å². The van der Waals surface area contributed by atoms with E-state index in [-0.39, 0.29) is 11.7 Å². The van der Waals surface area contributed by atoms with Gasteiger partial charge in [0.05, 0.1) is 6.33 Å². The van der Waals surface area contributed by atoms with Crippen molar-refractivity contribution in [3.05, 3.63) is 94.2 Å². The highest BCUT2D eigenvalue weighted by Crippen LogP contribution is 2.16. The maximum atomic E-state index is 13.7. The molecule has 0 aliphatic carbocycles. The molecule has 0 radical (unpaired) electrons. The highest BCUT2D eigenvalue weighted by molar-refractivity contribution is 9.10. The van der Waals surface area contributed by atoms with E-state index in [4.69, 9.17) is 0 Å². The maximum absolute atomic E-state index is 13.7. The first kappa shape index (κ1) is 18.1. The lowest BCUT2D eigenvalue weighted by molar-refractivity contribution is -0.116. The Kier molecular flexibility index (Phi) is 5.96. The van der Waals surface area contributed by atoms with Crippen molar-refractivity contribution in [2.45, 2.75) is 13.1 Å². The summed E-state index contributed by atoms with van der Waals surface area (Å²) in [5, 5.41) is 2.84. The van der Waals surface area contributed by atoms with Crippen molar-refractivity contribution >= 4 is 27.9 Å². The third kappa shape index (κ3) is 4.89. The second-order valence-electron chi connectivity index (χ2n) is 5.72. The van der Waals surface area contributed by atoms with Gasteiger partial charge in [0.25, 0.3) is 0 Å². The Morgan fingerprint density at radius 1 is 1.23 bits per heavy atom. The van der Waals surface area contributed by atoms with Crippen LogP contribution in [0.25, 0.3) is 6.08 Å². The number of carbonyl (C=O) groups is 1. The van der Waals surface area contributed by atoms with Crippen LogP contribution in [-0.2, 0) is 17.9 Å². The molecular weight excluding hydrogens is 397 g/mol. The molecule has 0 aliphatic rings. The topological polar surface area (TPSA) is 46.9 Å². The largest absolute Gasteiger partial charge is 0.348 e. The van der Waals surface area contributed by atoms with E-state index < -0.39 is 0 Å². The minimum atomic E-state index is -0.372. The molecule has 4 nitrogen and oxygen atoms in total. The predicted molar refractivity (Wildman–Crippen MR) is 103 cm³/mol. The molecule has 26 heavy (non-hydrogen) atoms.